The van der Waals surface area contributed by atoms with Gasteiger partial charge in [0.25, 0.3) is 0 Å². The Morgan fingerprint density at radius 3 is 2.57 bits per heavy atom. The minimum atomic E-state index is -0.370. The van der Waals surface area contributed by atoms with E-state index in [1.54, 1.807) is 18.5 Å². The van der Waals surface area contributed by atoms with E-state index in [0.29, 0.717) is 30.0 Å². The Bertz CT molecular complexity index is 556. The minimum absolute atomic E-state index is 0.0387. The molecule has 1 aromatic rings. The fourth-order valence-electron chi connectivity index (χ4n) is 2.68. The molecule has 1 aliphatic carbocycles. The van der Waals surface area contributed by atoms with Crippen molar-refractivity contribution < 1.29 is 14.3 Å². The number of esters is 1. The maximum atomic E-state index is 12.4. The lowest BCUT2D eigenvalue weighted by atomic mass is 10.1. The molecule has 5 nitrogen and oxygen atoms in total. The highest BCUT2D eigenvalue weighted by Gasteiger charge is 2.26. The molecule has 0 spiro atoms. The number of ether oxygens (including phenoxy) is 1. The van der Waals surface area contributed by atoms with Crippen LogP contribution >= 0.6 is 0 Å². The molecule has 0 aromatic carbocycles. The maximum Gasteiger partial charge on any atom is 0.355 e. The van der Waals surface area contributed by atoms with Crippen molar-refractivity contribution in [1.82, 2.24) is 9.88 Å². The number of aromatic nitrogens is 1. The third-order valence-corrected chi connectivity index (χ3v) is 4.09. The van der Waals surface area contributed by atoms with E-state index in [2.05, 4.69) is 5.32 Å². The summed E-state index contributed by atoms with van der Waals surface area (Å²) in [5.41, 5.74) is 2.64. The van der Waals surface area contributed by atoms with E-state index in [9.17, 15) is 9.59 Å². The molecule has 0 atom stereocenters. The van der Waals surface area contributed by atoms with Crippen LogP contribution in [0.25, 0.3) is 0 Å². The summed E-state index contributed by atoms with van der Waals surface area (Å²) in [5.74, 6) is 0.410. The smallest absolute Gasteiger partial charge is 0.355 e. The van der Waals surface area contributed by atoms with Crippen LogP contribution in [0.3, 0.4) is 0 Å². The van der Waals surface area contributed by atoms with Gasteiger partial charge in [0.15, 0.2) is 5.78 Å². The summed E-state index contributed by atoms with van der Waals surface area (Å²) in [6.07, 6.45) is 2.52. The monoisotopic (exact) mass is 292 g/mol. The maximum absolute atomic E-state index is 12.4. The first-order chi connectivity index (χ1) is 9.97. The fraction of sp³-hybridized carbons (Fsp3) is 0.625. The van der Waals surface area contributed by atoms with E-state index < -0.39 is 0 Å². The second kappa shape index (κ2) is 6.43. The molecule has 5 heteroatoms. The molecule has 2 rings (SSSR count). The van der Waals surface area contributed by atoms with Crippen LogP contribution in [0.5, 0.6) is 0 Å². The van der Waals surface area contributed by atoms with Crippen LogP contribution < -0.4 is 5.32 Å². The lowest BCUT2D eigenvalue weighted by Gasteiger charge is -2.05. The quantitative estimate of drug-likeness (QED) is 0.617. The van der Waals surface area contributed by atoms with Gasteiger partial charge in [-0.3, -0.25) is 4.79 Å². The summed E-state index contributed by atoms with van der Waals surface area (Å²) in [5, 5.41) is 3.21. The van der Waals surface area contributed by atoms with Crippen molar-refractivity contribution in [2.45, 2.75) is 33.6 Å². The second-order valence-electron chi connectivity index (χ2n) is 5.71. The second-order valence-corrected chi connectivity index (χ2v) is 5.71. The first kappa shape index (κ1) is 15.8. The Balaban J connectivity index is 2.16. The number of rotatable bonds is 7. The minimum Gasteiger partial charge on any atom is -0.461 e. The van der Waals surface area contributed by atoms with Gasteiger partial charge in [-0.1, -0.05) is 0 Å². The van der Waals surface area contributed by atoms with E-state index in [0.717, 1.165) is 18.2 Å². The third-order valence-electron chi connectivity index (χ3n) is 4.09. The summed E-state index contributed by atoms with van der Waals surface area (Å²) >= 11 is 0. The highest BCUT2D eigenvalue weighted by Crippen LogP contribution is 2.27. The molecule has 0 unspecified atom stereocenters. The van der Waals surface area contributed by atoms with Crippen LogP contribution in [0.4, 0.5) is 0 Å². The van der Waals surface area contributed by atoms with Crippen molar-refractivity contribution in [1.29, 1.82) is 0 Å². The average molecular weight is 292 g/mol. The molecule has 1 N–H and O–H groups in total. The molecule has 1 saturated carbocycles. The molecule has 0 aliphatic heterocycles. The van der Waals surface area contributed by atoms with E-state index in [-0.39, 0.29) is 11.8 Å². The lowest BCUT2D eigenvalue weighted by Crippen LogP contribution is -2.25. The Morgan fingerprint density at radius 1 is 1.33 bits per heavy atom. The standard InChI is InChI=1S/C16H24N2O3/c1-5-21-16(20)15-10(2)14(11(3)18(15)4)13(19)9-17-8-12-6-7-12/h12,17H,5-9H2,1-4H3. The molecular formula is C16H24N2O3. The molecule has 21 heavy (non-hydrogen) atoms. The highest BCUT2D eigenvalue weighted by atomic mass is 16.5. The molecule has 0 bridgehead atoms. The van der Waals surface area contributed by atoms with Crippen LogP contribution in [-0.4, -0.2) is 36.0 Å². The van der Waals surface area contributed by atoms with Gasteiger partial charge in [0.1, 0.15) is 5.69 Å². The van der Waals surface area contributed by atoms with Gasteiger partial charge in [0, 0.05) is 18.3 Å². The summed E-state index contributed by atoms with van der Waals surface area (Å²) in [6, 6.07) is 0. The van der Waals surface area contributed by atoms with Crippen molar-refractivity contribution in [2.75, 3.05) is 19.7 Å². The van der Waals surface area contributed by atoms with Gasteiger partial charge in [-0.25, -0.2) is 4.79 Å². The normalized spacial score (nSPS) is 14.3. The largest absolute Gasteiger partial charge is 0.461 e. The molecule has 1 aliphatic rings. The molecule has 0 radical (unpaired) electrons. The summed E-state index contributed by atoms with van der Waals surface area (Å²) < 4.78 is 6.82. The molecular weight excluding hydrogens is 268 g/mol. The van der Waals surface area contributed by atoms with Gasteiger partial charge in [0.05, 0.1) is 13.2 Å². The zero-order valence-corrected chi connectivity index (χ0v) is 13.3. The van der Waals surface area contributed by atoms with E-state index in [1.165, 1.54) is 12.8 Å². The van der Waals surface area contributed by atoms with Crippen LogP contribution in [0.2, 0.25) is 0 Å². The molecule has 1 heterocycles. The Kier molecular flexibility index (Phi) is 4.83. The predicted octanol–water partition coefficient (Wildman–Crippen LogP) is 2.00. The number of hydrogen-bond donors (Lipinski definition) is 1. The highest BCUT2D eigenvalue weighted by molar-refractivity contribution is 6.03. The Hall–Kier alpha value is -1.62. The van der Waals surface area contributed by atoms with E-state index >= 15 is 0 Å². The number of hydrogen-bond acceptors (Lipinski definition) is 4. The number of carbonyl (C=O) groups is 2. The summed E-state index contributed by atoms with van der Waals surface area (Å²) in [7, 11) is 1.79. The lowest BCUT2D eigenvalue weighted by molar-refractivity contribution is 0.0514. The fourth-order valence-corrected chi connectivity index (χ4v) is 2.68. The SMILES string of the molecule is CCOC(=O)c1c(C)c(C(=O)CNCC2CC2)c(C)n1C. The van der Waals surface area contributed by atoms with Gasteiger partial charge < -0.3 is 14.6 Å². The number of Topliss-reactive ketones (excluding diaryl/α,β-unsaturated/α-hetero) is 1. The third kappa shape index (κ3) is 3.35. The zero-order chi connectivity index (χ0) is 15.6. The molecule has 0 saturated heterocycles. The van der Waals surface area contributed by atoms with Crippen molar-refractivity contribution in [3.8, 4) is 0 Å². The van der Waals surface area contributed by atoms with Crippen LogP contribution in [0, 0.1) is 19.8 Å². The molecule has 116 valence electrons. The Morgan fingerprint density at radius 2 is 2.00 bits per heavy atom. The molecule has 1 fully saturated rings. The van der Waals surface area contributed by atoms with Gasteiger partial charge in [0.2, 0.25) is 0 Å². The van der Waals surface area contributed by atoms with Gasteiger partial charge in [-0.05, 0) is 51.6 Å². The van der Waals surface area contributed by atoms with E-state index in [1.807, 2.05) is 13.8 Å². The molecule has 0 amide bonds. The van der Waals surface area contributed by atoms with E-state index in [4.69, 9.17) is 4.74 Å². The number of nitrogens with one attached hydrogen (secondary N) is 1. The average Bonchev–Trinajstić information content (AvgIpc) is 3.19. The topological polar surface area (TPSA) is 60.3 Å². The Labute approximate surface area is 125 Å². The van der Waals surface area contributed by atoms with Gasteiger partial charge >= 0.3 is 5.97 Å². The van der Waals surface area contributed by atoms with Crippen molar-refractivity contribution in [2.24, 2.45) is 13.0 Å². The van der Waals surface area contributed by atoms with Gasteiger partial charge in [-0.2, -0.15) is 0 Å². The van der Waals surface area contributed by atoms with Gasteiger partial charge in [-0.15, -0.1) is 0 Å². The zero-order valence-electron chi connectivity index (χ0n) is 13.3. The number of ketones is 1. The van der Waals surface area contributed by atoms with Crippen molar-refractivity contribution in [3.05, 3.63) is 22.5 Å². The van der Waals surface area contributed by atoms with Crippen LogP contribution in [-0.2, 0) is 11.8 Å². The van der Waals surface area contributed by atoms with Crippen molar-refractivity contribution in [3.63, 3.8) is 0 Å². The summed E-state index contributed by atoms with van der Waals surface area (Å²) in [4.78, 5) is 24.4. The molecule has 1 aromatic heterocycles. The van der Waals surface area contributed by atoms with Crippen LogP contribution in [0.1, 0.15) is 51.9 Å². The van der Waals surface area contributed by atoms with Crippen LogP contribution in [0.15, 0.2) is 0 Å². The number of nitrogens with zero attached hydrogens (tertiary/aromatic N) is 1. The first-order valence-corrected chi connectivity index (χ1v) is 7.54. The summed E-state index contributed by atoms with van der Waals surface area (Å²) in [6.45, 7) is 7.01. The predicted molar refractivity (Wildman–Crippen MR) is 80.8 cm³/mol. The van der Waals surface area contributed by atoms with Crippen molar-refractivity contribution >= 4 is 11.8 Å². The first-order valence-electron chi connectivity index (χ1n) is 7.54. The number of carbonyl (C=O) groups excluding carboxylic acids is 2.